The standard InChI is InChI=1S/C11H14ClN3/c1-7-8(12)3-4-9-11(7)14-10(5-6-13)15(9)2/h3-4H,5-6,13H2,1-2H3. The average molecular weight is 224 g/mol. The smallest absolute Gasteiger partial charge is 0.110 e. The average Bonchev–Trinajstić information content (AvgIpc) is 2.52. The highest BCUT2D eigenvalue weighted by molar-refractivity contribution is 6.32. The molecule has 1 aromatic carbocycles. The summed E-state index contributed by atoms with van der Waals surface area (Å²) in [4.78, 5) is 4.56. The van der Waals surface area contributed by atoms with E-state index in [1.807, 2.05) is 26.1 Å². The molecular formula is C11H14ClN3. The summed E-state index contributed by atoms with van der Waals surface area (Å²) in [5.41, 5.74) is 8.67. The summed E-state index contributed by atoms with van der Waals surface area (Å²) >= 11 is 6.05. The van der Waals surface area contributed by atoms with Crippen LogP contribution in [0.4, 0.5) is 0 Å². The van der Waals surface area contributed by atoms with Crippen molar-refractivity contribution in [3.8, 4) is 0 Å². The van der Waals surface area contributed by atoms with Gasteiger partial charge in [0.05, 0.1) is 11.0 Å². The van der Waals surface area contributed by atoms with E-state index in [0.29, 0.717) is 6.54 Å². The topological polar surface area (TPSA) is 43.8 Å². The van der Waals surface area contributed by atoms with E-state index in [9.17, 15) is 0 Å². The van der Waals surface area contributed by atoms with Crippen molar-refractivity contribution < 1.29 is 0 Å². The highest BCUT2D eigenvalue weighted by atomic mass is 35.5. The first-order chi connectivity index (χ1) is 7.15. The lowest BCUT2D eigenvalue weighted by Gasteiger charge is -2.00. The number of rotatable bonds is 2. The minimum absolute atomic E-state index is 0.615. The Kier molecular flexibility index (Phi) is 2.67. The number of hydrogen-bond acceptors (Lipinski definition) is 2. The molecule has 80 valence electrons. The molecule has 1 aromatic heterocycles. The first kappa shape index (κ1) is 10.5. The molecule has 4 heteroatoms. The molecule has 0 saturated heterocycles. The fraction of sp³-hybridized carbons (Fsp3) is 0.364. The van der Waals surface area contributed by atoms with Gasteiger partial charge in [0.25, 0.3) is 0 Å². The zero-order valence-corrected chi connectivity index (χ0v) is 9.67. The van der Waals surface area contributed by atoms with E-state index in [1.54, 1.807) is 0 Å². The minimum Gasteiger partial charge on any atom is -0.331 e. The summed E-state index contributed by atoms with van der Waals surface area (Å²) in [5.74, 6) is 1.01. The highest BCUT2D eigenvalue weighted by Crippen LogP contribution is 2.25. The van der Waals surface area contributed by atoms with Crippen LogP contribution in [-0.4, -0.2) is 16.1 Å². The summed E-state index contributed by atoms with van der Waals surface area (Å²) in [6.07, 6.45) is 0.794. The fourth-order valence-electron chi connectivity index (χ4n) is 1.77. The number of benzene rings is 1. The van der Waals surface area contributed by atoms with E-state index in [1.165, 1.54) is 0 Å². The fourth-order valence-corrected chi connectivity index (χ4v) is 1.92. The predicted molar refractivity (Wildman–Crippen MR) is 63.2 cm³/mol. The predicted octanol–water partition coefficient (Wildman–Crippen LogP) is 2.04. The van der Waals surface area contributed by atoms with Gasteiger partial charge >= 0.3 is 0 Å². The Morgan fingerprint density at radius 1 is 1.47 bits per heavy atom. The molecule has 0 atom stereocenters. The van der Waals surface area contributed by atoms with Gasteiger partial charge in [0, 0.05) is 18.5 Å². The van der Waals surface area contributed by atoms with E-state index in [2.05, 4.69) is 9.55 Å². The maximum Gasteiger partial charge on any atom is 0.110 e. The largest absolute Gasteiger partial charge is 0.331 e. The second-order valence-electron chi connectivity index (χ2n) is 3.67. The lowest BCUT2D eigenvalue weighted by atomic mass is 10.2. The number of nitrogens with two attached hydrogens (primary N) is 1. The molecule has 2 N–H and O–H groups in total. The van der Waals surface area contributed by atoms with Crippen LogP contribution in [0.5, 0.6) is 0 Å². The summed E-state index contributed by atoms with van der Waals surface area (Å²) in [6.45, 7) is 2.60. The Hall–Kier alpha value is -1.06. The highest BCUT2D eigenvalue weighted by Gasteiger charge is 2.10. The van der Waals surface area contributed by atoms with Crippen molar-refractivity contribution in [1.29, 1.82) is 0 Å². The molecule has 2 rings (SSSR count). The van der Waals surface area contributed by atoms with Gasteiger partial charge in [0.2, 0.25) is 0 Å². The molecule has 15 heavy (non-hydrogen) atoms. The summed E-state index contributed by atoms with van der Waals surface area (Å²) in [6, 6.07) is 3.91. The minimum atomic E-state index is 0.615. The summed E-state index contributed by atoms with van der Waals surface area (Å²) in [5, 5.41) is 0.764. The van der Waals surface area contributed by atoms with Crippen LogP contribution in [-0.2, 0) is 13.5 Å². The molecule has 3 nitrogen and oxygen atoms in total. The first-order valence-corrected chi connectivity index (χ1v) is 5.33. The Morgan fingerprint density at radius 2 is 2.20 bits per heavy atom. The molecule has 0 radical (unpaired) electrons. The normalized spacial score (nSPS) is 11.2. The molecule has 0 aliphatic heterocycles. The molecule has 0 spiro atoms. The third-order valence-electron chi connectivity index (χ3n) is 2.70. The Bertz CT molecular complexity index is 502. The van der Waals surface area contributed by atoms with E-state index in [0.717, 1.165) is 33.9 Å². The van der Waals surface area contributed by atoms with E-state index >= 15 is 0 Å². The van der Waals surface area contributed by atoms with Crippen LogP contribution in [0.2, 0.25) is 5.02 Å². The van der Waals surface area contributed by atoms with Crippen LogP contribution in [0.15, 0.2) is 12.1 Å². The van der Waals surface area contributed by atoms with Crippen LogP contribution in [0, 0.1) is 6.92 Å². The zero-order chi connectivity index (χ0) is 11.0. The molecule has 1 heterocycles. The Morgan fingerprint density at radius 3 is 2.87 bits per heavy atom. The second kappa shape index (κ2) is 3.83. The molecular weight excluding hydrogens is 210 g/mol. The van der Waals surface area contributed by atoms with Gasteiger partial charge in [-0.25, -0.2) is 4.98 Å². The van der Waals surface area contributed by atoms with Gasteiger partial charge in [-0.3, -0.25) is 0 Å². The van der Waals surface area contributed by atoms with Crippen molar-refractivity contribution >= 4 is 22.6 Å². The number of imidazole rings is 1. The van der Waals surface area contributed by atoms with Crippen molar-refractivity contribution in [3.63, 3.8) is 0 Å². The molecule has 0 aliphatic rings. The third-order valence-corrected chi connectivity index (χ3v) is 3.11. The molecule has 2 aromatic rings. The van der Waals surface area contributed by atoms with Crippen molar-refractivity contribution in [1.82, 2.24) is 9.55 Å². The van der Waals surface area contributed by atoms with Crippen molar-refractivity contribution in [2.45, 2.75) is 13.3 Å². The van der Waals surface area contributed by atoms with Gasteiger partial charge in [-0.15, -0.1) is 0 Å². The molecule has 0 fully saturated rings. The van der Waals surface area contributed by atoms with Gasteiger partial charge < -0.3 is 10.3 Å². The maximum atomic E-state index is 6.05. The maximum absolute atomic E-state index is 6.05. The van der Waals surface area contributed by atoms with E-state index in [-0.39, 0.29) is 0 Å². The number of aromatic nitrogens is 2. The lowest BCUT2D eigenvalue weighted by Crippen LogP contribution is -2.07. The van der Waals surface area contributed by atoms with Crippen LogP contribution < -0.4 is 5.73 Å². The van der Waals surface area contributed by atoms with E-state index in [4.69, 9.17) is 17.3 Å². The van der Waals surface area contributed by atoms with Gasteiger partial charge in [0.15, 0.2) is 0 Å². The van der Waals surface area contributed by atoms with Gasteiger partial charge in [-0.05, 0) is 31.2 Å². The number of nitrogens with zero attached hydrogens (tertiary/aromatic N) is 2. The molecule has 0 aliphatic carbocycles. The quantitative estimate of drug-likeness (QED) is 0.847. The van der Waals surface area contributed by atoms with Crippen LogP contribution >= 0.6 is 11.6 Å². The number of hydrogen-bond donors (Lipinski definition) is 1. The third kappa shape index (κ3) is 1.62. The molecule has 0 unspecified atom stereocenters. The molecule has 0 amide bonds. The molecule has 0 bridgehead atoms. The van der Waals surface area contributed by atoms with Gasteiger partial charge in [0.1, 0.15) is 5.82 Å². The van der Waals surface area contributed by atoms with Crippen molar-refractivity contribution in [2.75, 3.05) is 6.54 Å². The Labute approximate surface area is 93.9 Å². The number of aryl methyl sites for hydroxylation is 2. The monoisotopic (exact) mass is 223 g/mol. The zero-order valence-electron chi connectivity index (χ0n) is 8.92. The number of halogens is 1. The first-order valence-electron chi connectivity index (χ1n) is 4.95. The number of fused-ring (bicyclic) bond motifs is 1. The van der Waals surface area contributed by atoms with Crippen LogP contribution in [0.3, 0.4) is 0 Å². The van der Waals surface area contributed by atoms with Crippen molar-refractivity contribution in [2.24, 2.45) is 12.8 Å². The summed E-state index contributed by atoms with van der Waals surface area (Å²) < 4.78 is 2.07. The van der Waals surface area contributed by atoms with Crippen LogP contribution in [0.1, 0.15) is 11.4 Å². The molecule has 0 saturated carbocycles. The van der Waals surface area contributed by atoms with Crippen LogP contribution in [0.25, 0.3) is 11.0 Å². The van der Waals surface area contributed by atoms with E-state index < -0.39 is 0 Å². The summed E-state index contributed by atoms with van der Waals surface area (Å²) in [7, 11) is 2.01. The van der Waals surface area contributed by atoms with Gasteiger partial charge in [-0.1, -0.05) is 11.6 Å². The second-order valence-corrected chi connectivity index (χ2v) is 4.07. The van der Waals surface area contributed by atoms with Crippen molar-refractivity contribution in [3.05, 3.63) is 28.5 Å². The SMILES string of the molecule is Cc1c(Cl)ccc2c1nc(CCN)n2C. The lowest BCUT2D eigenvalue weighted by molar-refractivity contribution is 0.794. The van der Waals surface area contributed by atoms with Gasteiger partial charge in [-0.2, -0.15) is 0 Å². The Balaban J connectivity index is 2.70.